The number of hydrogen-bond donors (Lipinski definition) is 3. The highest BCUT2D eigenvalue weighted by atomic mass is 35.5. The zero-order chi connectivity index (χ0) is 49.3. The number of aromatic nitrogens is 6. The standard InChI is InChI=1S/C52H68ClN11O6/c1-6-36-34-59-64-43(28-44(60-46(36)64)63-19-8-7-11-39(63)18-22-65)55-30-35-12-15-45(56-31-35)69-24-10-9-23-67-25-26-68-40-16-20-62(21-17-40)50-57-32-38(33-58-50)47(66)61-48-51(2,3)49(52(48,4)5)70-41-14-13-37(29-54)42(53)27-41/h12-15,27-28,31-34,39-40,48-49,55,65H,6-11,16-26,30H2,1-5H3,(H,61,66)/t39-,48?,49?/m0/s1. The molecule has 8 rings (SSSR count). The van der Waals surface area contributed by atoms with Crippen LogP contribution in [0.1, 0.15) is 113 Å². The summed E-state index contributed by atoms with van der Waals surface area (Å²) in [6, 6.07) is 13.3. The number of aryl methyl sites for hydroxylation is 1. The molecule has 1 atom stereocenters. The van der Waals surface area contributed by atoms with Crippen LogP contribution in [0.4, 0.5) is 17.6 Å². The Balaban J connectivity index is 0.685. The molecule has 2 aliphatic heterocycles. The van der Waals surface area contributed by atoms with Gasteiger partial charge in [-0.3, -0.25) is 4.79 Å². The summed E-state index contributed by atoms with van der Waals surface area (Å²) in [6.45, 7) is 15.9. The molecule has 4 aromatic heterocycles. The predicted octanol–water partition coefficient (Wildman–Crippen LogP) is 7.83. The number of aliphatic hydroxyl groups excluding tert-OH is 1. The van der Waals surface area contributed by atoms with Crippen LogP contribution in [0.2, 0.25) is 5.02 Å². The van der Waals surface area contributed by atoms with Crippen LogP contribution in [0.25, 0.3) is 5.65 Å². The average Bonchev–Trinajstić information content (AvgIpc) is 3.80. The molecule has 70 heavy (non-hydrogen) atoms. The molecule has 0 spiro atoms. The molecule has 0 bridgehead atoms. The number of pyridine rings is 1. The molecule has 5 aromatic rings. The largest absolute Gasteiger partial charge is 0.489 e. The number of benzene rings is 1. The van der Waals surface area contributed by atoms with Crippen molar-refractivity contribution in [1.29, 1.82) is 5.26 Å². The quantitative estimate of drug-likeness (QED) is 0.0567. The maximum Gasteiger partial charge on any atom is 0.254 e. The Morgan fingerprint density at radius 3 is 2.43 bits per heavy atom. The number of halogens is 1. The average molecular weight is 979 g/mol. The van der Waals surface area contributed by atoms with E-state index in [1.54, 1.807) is 30.6 Å². The molecule has 0 radical (unpaired) electrons. The van der Waals surface area contributed by atoms with Gasteiger partial charge in [-0.25, -0.2) is 19.9 Å². The van der Waals surface area contributed by atoms with Gasteiger partial charge in [-0.15, -0.1) is 0 Å². The minimum Gasteiger partial charge on any atom is -0.489 e. The Kier molecular flexibility index (Phi) is 16.6. The van der Waals surface area contributed by atoms with Gasteiger partial charge in [0.1, 0.15) is 29.6 Å². The fraction of sp³-hybridized carbons (Fsp3) is 0.558. The van der Waals surface area contributed by atoms with Crippen LogP contribution in [0.15, 0.2) is 61.2 Å². The SMILES string of the molecule is CCc1cnn2c(NCc3ccc(OCCCCOCCOC4CCN(c5ncc(C(=O)NC6C(C)(C)C(Oc7ccc(C#N)c(Cl)c7)C6(C)C)cn5)CC4)nc3)cc(N3CCCC[C@H]3CCO)nc12. The van der Waals surface area contributed by atoms with Crippen LogP contribution in [-0.4, -0.2) is 118 Å². The summed E-state index contributed by atoms with van der Waals surface area (Å²) < 4.78 is 26.2. The van der Waals surface area contributed by atoms with Crippen LogP contribution < -0.4 is 29.9 Å². The van der Waals surface area contributed by atoms with Gasteiger partial charge in [-0.05, 0) is 75.5 Å². The number of nitrogens with zero attached hydrogens (tertiary/aromatic N) is 9. The van der Waals surface area contributed by atoms with E-state index in [1.807, 2.05) is 29.0 Å². The molecule has 2 saturated heterocycles. The number of hydrogen-bond acceptors (Lipinski definition) is 15. The zero-order valence-corrected chi connectivity index (χ0v) is 42.0. The Morgan fingerprint density at radius 2 is 1.71 bits per heavy atom. The van der Waals surface area contributed by atoms with Gasteiger partial charge in [-0.2, -0.15) is 14.9 Å². The first-order valence-electron chi connectivity index (χ1n) is 24.9. The summed E-state index contributed by atoms with van der Waals surface area (Å²) in [5, 5.41) is 30.7. The maximum absolute atomic E-state index is 13.4. The smallest absolute Gasteiger partial charge is 0.254 e. The number of nitriles is 1. The lowest BCUT2D eigenvalue weighted by Gasteiger charge is -2.63. The van der Waals surface area contributed by atoms with Gasteiger partial charge in [0, 0.05) is 105 Å². The minimum atomic E-state index is -0.383. The van der Waals surface area contributed by atoms with Gasteiger partial charge in [0.2, 0.25) is 11.8 Å². The topological polar surface area (TPSA) is 197 Å². The van der Waals surface area contributed by atoms with E-state index in [9.17, 15) is 15.2 Å². The molecule has 3 aliphatic rings. The third-order valence-electron chi connectivity index (χ3n) is 14.1. The fourth-order valence-electron chi connectivity index (χ4n) is 10.6. The van der Waals surface area contributed by atoms with Crippen LogP contribution in [0, 0.1) is 22.2 Å². The molecule has 6 heterocycles. The number of anilines is 3. The number of amides is 1. The number of unbranched alkanes of at least 4 members (excludes halogenated alkanes) is 1. The van der Waals surface area contributed by atoms with Crippen molar-refractivity contribution in [3.63, 3.8) is 0 Å². The van der Waals surface area contributed by atoms with E-state index in [0.29, 0.717) is 66.7 Å². The molecule has 3 fully saturated rings. The Morgan fingerprint density at radius 1 is 0.929 bits per heavy atom. The van der Waals surface area contributed by atoms with Crippen LogP contribution >= 0.6 is 11.6 Å². The summed E-state index contributed by atoms with van der Waals surface area (Å²) >= 11 is 6.25. The van der Waals surface area contributed by atoms with Crippen molar-refractivity contribution in [2.45, 2.75) is 123 Å². The van der Waals surface area contributed by atoms with Crippen molar-refractivity contribution in [3.05, 3.63) is 88.5 Å². The van der Waals surface area contributed by atoms with Crippen molar-refractivity contribution in [2.24, 2.45) is 10.8 Å². The molecule has 374 valence electrons. The molecule has 3 N–H and O–H groups in total. The van der Waals surface area contributed by atoms with Crippen molar-refractivity contribution >= 4 is 40.7 Å². The lowest BCUT2D eigenvalue weighted by molar-refractivity contribution is -0.164. The number of nitrogens with one attached hydrogen (secondary N) is 2. The van der Waals surface area contributed by atoms with Crippen molar-refractivity contribution in [2.75, 3.05) is 67.8 Å². The normalized spacial score (nSPS) is 19.9. The molecule has 1 aromatic carbocycles. The maximum atomic E-state index is 13.4. The van der Waals surface area contributed by atoms with Crippen molar-refractivity contribution in [3.8, 4) is 17.7 Å². The monoisotopic (exact) mass is 978 g/mol. The number of piperidine rings is 2. The van der Waals surface area contributed by atoms with Crippen LogP contribution in [-0.2, 0) is 22.4 Å². The molecule has 0 unspecified atom stereocenters. The minimum absolute atomic E-state index is 0.143. The first-order chi connectivity index (χ1) is 33.9. The summed E-state index contributed by atoms with van der Waals surface area (Å²) in [5.41, 5.74) is 3.02. The number of aliphatic hydroxyl groups is 1. The van der Waals surface area contributed by atoms with E-state index in [-0.39, 0.29) is 47.6 Å². The van der Waals surface area contributed by atoms with Gasteiger partial charge >= 0.3 is 0 Å². The molecule has 18 heteroatoms. The number of fused-ring (bicyclic) bond motifs is 1. The Hall–Kier alpha value is -5.80. The van der Waals surface area contributed by atoms with Crippen LogP contribution in [0.3, 0.4) is 0 Å². The van der Waals surface area contributed by atoms with E-state index < -0.39 is 0 Å². The summed E-state index contributed by atoms with van der Waals surface area (Å²) in [6.07, 6.45) is 15.2. The van der Waals surface area contributed by atoms with E-state index in [0.717, 1.165) is 99.4 Å². The fourth-order valence-corrected chi connectivity index (χ4v) is 10.8. The summed E-state index contributed by atoms with van der Waals surface area (Å²) in [7, 11) is 0. The third kappa shape index (κ3) is 11.7. The zero-order valence-electron chi connectivity index (χ0n) is 41.2. The lowest BCUT2D eigenvalue weighted by Crippen LogP contribution is -2.74. The molecule has 17 nitrogen and oxygen atoms in total. The number of ether oxygens (including phenoxy) is 4. The van der Waals surface area contributed by atoms with Crippen LogP contribution in [0.5, 0.6) is 11.6 Å². The first-order valence-corrected chi connectivity index (χ1v) is 25.3. The highest BCUT2D eigenvalue weighted by molar-refractivity contribution is 6.31. The van der Waals surface area contributed by atoms with Gasteiger partial charge in [-0.1, -0.05) is 52.3 Å². The van der Waals surface area contributed by atoms with Gasteiger partial charge in [0.25, 0.3) is 5.91 Å². The second kappa shape index (κ2) is 23.0. The lowest BCUT2D eigenvalue weighted by atomic mass is 9.49. The highest BCUT2D eigenvalue weighted by Crippen LogP contribution is 2.55. The van der Waals surface area contributed by atoms with E-state index in [2.05, 4.69) is 87.2 Å². The third-order valence-corrected chi connectivity index (χ3v) is 14.4. The van der Waals surface area contributed by atoms with Gasteiger partial charge in [0.05, 0.1) is 48.3 Å². The van der Waals surface area contributed by atoms with Gasteiger partial charge < -0.3 is 44.5 Å². The number of rotatable bonds is 22. The van der Waals surface area contributed by atoms with Crippen molar-refractivity contribution in [1.82, 2.24) is 34.9 Å². The second-order valence-corrected chi connectivity index (χ2v) is 20.2. The van der Waals surface area contributed by atoms with E-state index in [4.69, 9.17) is 35.5 Å². The number of carbonyl (C=O) groups is 1. The first kappa shape index (κ1) is 50.6. The summed E-state index contributed by atoms with van der Waals surface area (Å²) in [5.74, 6) is 3.35. The molecule has 1 saturated carbocycles. The van der Waals surface area contributed by atoms with Gasteiger partial charge in [0.15, 0.2) is 5.65 Å². The Labute approximate surface area is 416 Å². The second-order valence-electron chi connectivity index (χ2n) is 19.8. The molecule has 1 aliphatic carbocycles. The molecular weight excluding hydrogens is 910 g/mol. The highest BCUT2D eigenvalue weighted by Gasteiger charge is 2.64. The summed E-state index contributed by atoms with van der Waals surface area (Å²) in [4.78, 5) is 36.6. The van der Waals surface area contributed by atoms with E-state index in [1.165, 1.54) is 6.42 Å². The number of carbonyl (C=O) groups excluding carboxylic acids is 1. The predicted molar refractivity (Wildman–Crippen MR) is 269 cm³/mol. The van der Waals surface area contributed by atoms with Crippen molar-refractivity contribution < 1.29 is 28.8 Å². The molecular formula is C52H68ClN11O6. The Bertz CT molecular complexity index is 2540. The molecule has 1 amide bonds. The van der Waals surface area contributed by atoms with E-state index >= 15 is 0 Å².